The van der Waals surface area contributed by atoms with Crippen LogP contribution >= 0.6 is 0 Å². The van der Waals surface area contributed by atoms with Gasteiger partial charge in [0.25, 0.3) is 0 Å². The molecule has 6 heteroatoms. The number of carboxylic acids is 1. The highest BCUT2D eigenvalue weighted by Crippen LogP contribution is 2.25. The second-order valence-corrected chi connectivity index (χ2v) is 8.69. The van der Waals surface area contributed by atoms with Gasteiger partial charge in [-0.15, -0.1) is 0 Å². The van der Waals surface area contributed by atoms with Crippen LogP contribution in [0.4, 0.5) is 0 Å². The minimum absolute atomic E-state index is 0.122. The summed E-state index contributed by atoms with van der Waals surface area (Å²) in [5, 5.41) is 9.34. The van der Waals surface area contributed by atoms with Gasteiger partial charge >= 0.3 is 5.97 Å². The van der Waals surface area contributed by atoms with Crippen molar-refractivity contribution in [2.24, 2.45) is 0 Å². The van der Waals surface area contributed by atoms with Crippen LogP contribution in [-0.2, 0) is 27.8 Å². The Balaban J connectivity index is 1.97. The molecule has 1 aromatic carbocycles. The van der Waals surface area contributed by atoms with E-state index in [-0.39, 0.29) is 11.5 Å². The first-order chi connectivity index (χ1) is 13.5. The van der Waals surface area contributed by atoms with Crippen LogP contribution in [0.1, 0.15) is 63.1 Å². The number of rotatable bonds is 9. The number of aliphatic carboxylic acids is 1. The average Bonchev–Trinajstić information content (AvgIpc) is 2.97. The summed E-state index contributed by atoms with van der Waals surface area (Å²) in [5.74, 6) is 1.40. The van der Waals surface area contributed by atoms with Gasteiger partial charge < -0.3 is 19.0 Å². The fraction of sp³-hybridized carbons (Fsp3) is 0.565. The third kappa shape index (κ3) is 6.60. The molecule has 0 aliphatic rings. The van der Waals surface area contributed by atoms with Crippen LogP contribution < -0.4 is 4.74 Å². The number of carboxylic acid groups (broad SMARTS) is 1. The summed E-state index contributed by atoms with van der Waals surface area (Å²) in [6.45, 7) is 14.3. The Hall–Kier alpha value is -2.34. The number of carbonyl (C=O) groups is 1. The Bertz CT molecular complexity index is 832. The van der Waals surface area contributed by atoms with Crippen molar-refractivity contribution in [3.63, 3.8) is 0 Å². The van der Waals surface area contributed by atoms with E-state index in [0.717, 1.165) is 34.2 Å². The van der Waals surface area contributed by atoms with Gasteiger partial charge in [0, 0.05) is 18.3 Å². The Morgan fingerprint density at radius 1 is 1.24 bits per heavy atom. The summed E-state index contributed by atoms with van der Waals surface area (Å²) in [6, 6.07) is 5.73. The molecule has 0 aliphatic carbocycles. The molecule has 1 atom stereocenters. The molecule has 1 heterocycles. The lowest BCUT2D eigenvalue weighted by Crippen LogP contribution is -2.29. The van der Waals surface area contributed by atoms with Crippen LogP contribution in [0.25, 0.3) is 0 Å². The predicted octanol–water partition coefficient (Wildman–Crippen LogP) is 4.63. The highest BCUT2D eigenvalue weighted by molar-refractivity contribution is 5.72. The zero-order chi connectivity index (χ0) is 21.8. The van der Waals surface area contributed by atoms with E-state index in [1.54, 1.807) is 0 Å². The second kappa shape index (κ2) is 9.44. The van der Waals surface area contributed by atoms with E-state index in [1.807, 2.05) is 45.9 Å². The zero-order valence-electron chi connectivity index (χ0n) is 18.5. The van der Waals surface area contributed by atoms with Crippen LogP contribution in [-0.4, -0.2) is 34.9 Å². The van der Waals surface area contributed by atoms with Crippen LogP contribution in [0.15, 0.2) is 22.6 Å². The van der Waals surface area contributed by atoms with E-state index in [0.29, 0.717) is 19.4 Å². The van der Waals surface area contributed by atoms with Gasteiger partial charge in [-0.2, -0.15) is 0 Å². The summed E-state index contributed by atoms with van der Waals surface area (Å²) in [7, 11) is 0. The van der Waals surface area contributed by atoms with Crippen LogP contribution in [0.5, 0.6) is 5.75 Å². The first-order valence-corrected chi connectivity index (χ1v) is 10.0. The van der Waals surface area contributed by atoms with E-state index < -0.39 is 12.1 Å². The first kappa shape index (κ1) is 22.9. The SMILES string of the molecule is Cc1cc(CC(OC(C)C)C(=O)O)ccc1OCCc1nc(C(C)(C)C)oc1C. The maximum Gasteiger partial charge on any atom is 0.333 e. The summed E-state index contributed by atoms with van der Waals surface area (Å²) >= 11 is 0. The van der Waals surface area contributed by atoms with Crippen molar-refractivity contribution in [3.8, 4) is 5.75 Å². The predicted molar refractivity (Wildman–Crippen MR) is 112 cm³/mol. The number of aryl methyl sites for hydroxylation is 2. The van der Waals surface area contributed by atoms with Gasteiger partial charge in [-0.3, -0.25) is 0 Å². The molecule has 0 aliphatic heterocycles. The van der Waals surface area contributed by atoms with Crippen molar-refractivity contribution in [1.82, 2.24) is 4.98 Å². The average molecular weight is 404 g/mol. The van der Waals surface area contributed by atoms with Crippen molar-refractivity contribution in [2.75, 3.05) is 6.61 Å². The molecule has 1 unspecified atom stereocenters. The summed E-state index contributed by atoms with van der Waals surface area (Å²) in [5.41, 5.74) is 2.66. The monoisotopic (exact) mass is 403 g/mol. The van der Waals surface area contributed by atoms with E-state index in [2.05, 4.69) is 25.8 Å². The summed E-state index contributed by atoms with van der Waals surface area (Å²) in [6.07, 6.45) is -0.00921. The van der Waals surface area contributed by atoms with Gasteiger partial charge in [-0.1, -0.05) is 32.9 Å². The molecule has 0 radical (unpaired) electrons. The lowest BCUT2D eigenvalue weighted by molar-refractivity contribution is -0.153. The minimum atomic E-state index is -0.950. The molecule has 1 aromatic heterocycles. The lowest BCUT2D eigenvalue weighted by Gasteiger charge is -2.17. The molecule has 0 amide bonds. The Kier molecular flexibility index (Phi) is 7.47. The maximum atomic E-state index is 11.4. The zero-order valence-corrected chi connectivity index (χ0v) is 18.5. The van der Waals surface area contributed by atoms with Gasteiger partial charge in [0.15, 0.2) is 12.0 Å². The molecule has 160 valence electrons. The Morgan fingerprint density at radius 3 is 2.45 bits per heavy atom. The maximum absolute atomic E-state index is 11.4. The van der Waals surface area contributed by atoms with Crippen LogP contribution in [0.3, 0.4) is 0 Å². The number of ether oxygens (including phenoxy) is 2. The second-order valence-electron chi connectivity index (χ2n) is 8.69. The van der Waals surface area contributed by atoms with Crippen molar-refractivity contribution in [2.45, 2.75) is 78.9 Å². The molecule has 1 N–H and O–H groups in total. The topological polar surface area (TPSA) is 81.8 Å². The number of oxazole rings is 1. The highest BCUT2D eigenvalue weighted by Gasteiger charge is 2.22. The van der Waals surface area contributed by atoms with Gasteiger partial charge in [0.1, 0.15) is 11.5 Å². The van der Waals surface area contributed by atoms with Crippen molar-refractivity contribution >= 4 is 5.97 Å². The standard InChI is InChI=1S/C23H33NO5/c1-14(2)28-20(21(25)26)13-17-8-9-19(15(3)12-17)27-11-10-18-16(4)29-22(24-18)23(5,6)7/h8-9,12,14,20H,10-11,13H2,1-7H3,(H,25,26). The molecule has 0 spiro atoms. The number of hydrogen-bond acceptors (Lipinski definition) is 5. The summed E-state index contributed by atoms with van der Waals surface area (Å²) < 4.78 is 17.2. The molecular formula is C23H33NO5. The fourth-order valence-corrected chi connectivity index (χ4v) is 2.98. The van der Waals surface area contributed by atoms with Crippen LogP contribution in [0.2, 0.25) is 0 Å². The van der Waals surface area contributed by atoms with E-state index in [1.165, 1.54) is 0 Å². The third-order valence-electron chi connectivity index (χ3n) is 4.50. The largest absolute Gasteiger partial charge is 0.493 e. The molecule has 0 fully saturated rings. The van der Waals surface area contributed by atoms with Gasteiger partial charge in [0.05, 0.1) is 18.4 Å². The highest BCUT2D eigenvalue weighted by atomic mass is 16.5. The fourth-order valence-electron chi connectivity index (χ4n) is 2.98. The van der Waals surface area contributed by atoms with E-state index in [4.69, 9.17) is 13.9 Å². The molecule has 0 saturated heterocycles. The molecule has 0 saturated carbocycles. The Morgan fingerprint density at radius 2 is 1.93 bits per heavy atom. The summed E-state index contributed by atoms with van der Waals surface area (Å²) in [4.78, 5) is 16.0. The molecule has 6 nitrogen and oxygen atoms in total. The molecular weight excluding hydrogens is 370 g/mol. The molecule has 0 bridgehead atoms. The first-order valence-electron chi connectivity index (χ1n) is 10.0. The lowest BCUT2D eigenvalue weighted by atomic mass is 9.97. The number of aromatic nitrogens is 1. The third-order valence-corrected chi connectivity index (χ3v) is 4.50. The molecule has 29 heavy (non-hydrogen) atoms. The van der Waals surface area contributed by atoms with E-state index in [9.17, 15) is 9.90 Å². The van der Waals surface area contributed by atoms with Crippen molar-refractivity contribution in [3.05, 3.63) is 46.7 Å². The quantitative estimate of drug-likeness (QED) is 0.657. The molecule has 2 rings (SSSR count). The number of hydrogen-bond donors (Lipinski definition) is 1. The molecule has 2 aromatic rings. The minimum Gasteiger partial charge on any atom is -0.493 e. The van der Waals surface area contributed by atoms with Crippen LogP contribution in [0, 0.1) is 13.8 Å². The van der Waals surface area contributed by atoms with Crippen molar-refractivity contribution in [1.29, 1.82) is 0 Å². The van der Waals surface area contributed by atoms with Gasteiger partial charge in [-0.05, 0) is 44.9 Å². The van der Waals surface area contributed by atoms with Gasteiger partial charge in [-0.25, -0.2) is 9.78 Å². The number of benzene rings is 1. The van der Waals surface area contributed by atoms with Gasteiger partial charge in [0.2, 0.25) is 0 Å². The van der Waals surface area contributed by atoms with E-state index >= 15 is 0 Å². The number of nitrogens with zero attached hydrogens (tertiary/aromatic N) is 1. The van der Waals surface area contributed by atoms with Crippen molar-refractivity contribution < 1.29 is 23.8 Å². The normalized spacial score (nSPS) is 13.0. The Labute approximate surface area is 173 Å². The smallest absolute Gasteiger partial charge is 0.333 e.